The smallest absolute Gasteiger partial charge is 0.113 e. The van der Waals surface area contributed by atoms with Crippen LogP contribution >= 0.6 is 24.4 Å². The highest BCUT2D eigenvalue weighted by molar-refractivity contribution is 7.98. The molecule has 86 valence electrons. The van der Waals surface area contributed by atoms with Crippen molar-refractivity contribution in [1.82, 2.24) is 0 Å². The molecule has 0 aliphatic rings. The number of thioether (sulfide) groups is 1. The van der Waals surface area contributed by atoms with Gasteiger partial charge in [0.25, 0.3) is 0 Å². The van der Waals surface area contributed by atoms with Crippen molar-refractivity contribution in [2.75, 3.05) is 11.5 Å². The van der Waals surface area contributed by atoms with E-state index in [1.807, 2.05) is 23.9 Å². The van der Waals surface area contributed by atoms with Crippen LogP contribution in [0.2, 0.25) is 0 Å². The molecule has 0 spiro atoms. The van der Waals surface area contributed by atoms with Crippen LogP contribution in [-0.4, -0.2) is 11.5 Å². The van der Waals surface area contributed by atoms with E-state index in [-0.39, 0.29) is 0 Å². The topological polar surface area (TPSA) is 13.1 Å². The normalized spacial score (nSPS) is 11.9. The van der Waals surface area contributed by atoms with E-state index in [4.69, 9.17) is 4.42 Å². The summed E-state index contributed by atoms with van der Waals surface area (Å²) in [5.41, 5.74) is 0.403. The van der Waals surface area contributed by atoms with Gasteiger partial charge in [-0.15, -0.1) is 0 Å². The van der Waals surface area contributed by atoms with Crippen molar-refractivity contribution in [3.05, 3.63) is 24.2 Å². The van der Waals surface area contributed by atoms with Crippen LogP contribution in [0.5, 0.6) is 0 Å². The van der Waals surface area contributed by atoms with Crippen LogP contribution in [0.1, 0.15) is 32.4 Å². The zero-order valence-electron chi connectivity index (χ0n) is 9.53. The van der Waals surface area contributed by atoms with Crippen molar-refractivity contribution < 1.29 is 4.42 Å². The van der Waals surface area contributed by atoms with Crippen LogP contribution in [-0.2, 0) is 5.75 Å². The SMILES string of the molecule is CCC(CC)(CS)CSCc1ccco1. The summed E-state index contributed by atoms with van der Waals surface area (Å²) in [6.45, 7) is 4.51. The van der Waals surface area contributed by atoms with Gasteiger partial charge in [0.15, 0.2) is 0 Å². The van der Waals surface area contributed by atoms with E-state index in [0.717, 1.165) is 17.3 Å². The minimum Gasteiger partial charge on any atom is -0.468 e. The van der Waals surface area contributed by atoms with E-state index in [0.29, 0.717) is 5.41 Å². The third-order valence-electron chi connectivity index (χ3n) is 3.07. The van der Waals surface area contributed by atoms with Crippen LogP contribution in [0.4, 0.5) is 0 Å². The van der Waals surface area contributed by atoms with Crippen LogP contribution in [0.3, 0.4) is 0 Å². The third-order valence-corrected chi connectivity index (χ3v) is 5.04. The van der Waals surface area contributed by atoms with Gasteiger partial charge < -0.3 is 4.42 Å². The Morgan fingerprint density at radius 1 is 1.40 bits per heavy atom. The van der Waals surface area contributed by atoms with E-state index in [1.165, 1.54) is 18.6 Å². The van der Waals surface area contributed by atoms with Crippen molar-refractivity contribution in [3.8, 4) is 0 Å². The molecule has 0 saturated carbocycles. The summed E-state index contributed by atoms with van der Waals surface area (Å²) in [5.74, 6) is 4.19. The van der Waals surface area contributed by atoms with Gasteiger partial charge in [-0.25, -0.2) is 0 Å². The molecule has 1 aromatic rings. The molecule has 0 aliphatic heterocycles. The predicted octanol–water partition coefficient (Wildman–Crippen LogP) is 4.25. The lowest BCUT2D eigenvalue weighted by Gasteiger charge is -2.29. The minimum absolute atomic E-state index is 0.403. The maximum Gasteiger partial charge on any atom is 0.113 e. The Labute approximate surface area is 102 Å². The largest absolute Gasteiger partial charge is 0.468 e. The zero-order valence-corrected chi connectivity index (χ0v) is 11.2. The van der Waals surface area contributed by atoms with Gasteiger partial charge in [-0.3, -0.25) is 0 Å². The molecule has 0 saturated heterocycles. The molecule has 0 bridgehead atoms. The Hall–Kier alpha value is -0.0200. The molecule has 15 heavy (non-hydrogen) atoms. The summed E-state index contributed by atoms with van der Waals surface area (Å²) in [5, 5.41) is 0. The van der Waals surface area contributed by atoms with E-state index < -0.39 is 0 Å². The molecule has 0 unspecified atom stereocenters. The van der Waals surface area contributed by atoms with Crippen LogP contribution in [0.15, 0.2) is 22.8 Å². The highest BCUT2D eigenvalue weighted by Gasteiger charge is 2.24. The fourth-order valence-corrected chi connectivity index (χ4v) is 3.61. The van der Waals surface area contributed by atoms with Crippen molar-refractivity contribution in [2.45, 2.75) is 32.4 Å². The average Bonchev–Trinajstić information content (AvgIpc) is 2.78. The first-order valence-corrected chi connectivity index (χ1v) is 7.26. The zero-order chi connectivity index (χ0) is 11.1. The lowest BCUT2D eigenvalue weighted by atomic mass is 9.87. The highest BCUT2D eigenvalue weighted by atomic mass is 32.2. The quantitative estimate of drug-likeness (QED) is 0.720. The van der Waals surface area contributed by atoms with Crippen molar-refractivity contribution in [3.63, 3.8) is 0 Å². The molecular weight excluding hydrogens is 224 g/mol. The van der Waals surface area contributed by atoms with Crippen LogP contribution in [0, 0.1) is 5.41 Å². The van der Waals surface area contributed by atoms with Gasteiger partial charge in [0, 0.05) is 5.75 Å². The number of furan rings is 1. The van der Waals surface area contributed by atoms with E-state index in [1.54, 1.807) is 6.26 Å². The number of hydrogen-bond acceptors (Lipinski definition) is 3. The Kier molecular flexibility index (Phi) is 5.69. The second kappa shape index (κ2) is 6.54. The molecule has 3 heteroatoms. The van der Waals surface area contributed by atoms with E-state index in [9.17, 15) is 0 Å². The van der Waals surface area contributed by atoms with Gasteiger partial charge in [0.05, 0.1) is 12.0 Å². The second-order valence-corrected chi connectivity index (χ2v) is 5.24. The Morgan fingerprint density at radius 2 is 2.13 bits per heavy atom. The minimum atomic E-state index is 0.403. The van der Waals surface area contributed by atoms with Gasteiger partial charge in [-0.05, 0) is 36.1 Å². The number of hydrogen-bond donors (Lipinski definition) is 1. The monoisotopic (exact) mass is 244 g/mol. The summed E-state index contributed by atoms with van der Waals surface area (Å²) < 4.78 is 5.31. The lowest BCUT2D eigenvalue weighted by Crippen LogP contribution is -2.24. The summed E-state index contributed by atoms with van der Waals surface area (Å²) >= 11 is 6.42. The van der Waals surface area contributed by atoms with Crippen molar-refractivity contribution in [2.24, 2.45) is 5.41 Å². The molecule has 0 aliphatic carbocycles. The molecule has 1 rings (SSSR count). The van der Waals surface area contributed by atoms with Gasteiger partial charge >= 0.3 is 0 Å². The highest BCUT2D eigenvalue weighted by Crippen LogP contribution is 2.33. The molecular formula is C12H20OS2. The summed E-state index contributed by atoms with van der Waals surface area (Å²) in [7, 11) is 0. The molecule has 0 amide bonds. The Morgan fingerprint density at radius 3 is 2.60 bits per heavy atom. The summed E-state index contributed by atoms with van der Waals surface area (Å²) in [6, 6.07) is 3.98. The molecule has 0 fully saturated rings. The fraction of sp³-hybridized carbons (Fsp3) is 0.667. The van der Waals surface area contributed by atoms with Crippen LogP contribution < -0.4 is 0 Å². The second-order valence-electron chi connectivity index (χ2n) is 3.94. The molecule has 1 aromatic heterocycles. The number of rotatable bonds is 7. The first-order chi connectivity index (χ1) is 7.26. The van der Waals surface area contributed by atoms with Crippen molar-refractivity contribution in [1.29, 1.82) is 0 Å². The Bertz CT molecular complexity index is 244. The summed E-state index contributed by atoms with van der Waals surface area (Å²) in [4.78, 5) is 0. The van der Waals surface area contributed by atoms with Gasteiger partial charge in [0.2, 0.25) is 0 Å². The third kappa shape index (κ3) is 3.80. The molecule has 1 heterocycles. The first kappa shape index (κ1) is 13.0. The fourth-order valence-electron chi connectivity index (χ4n) is 1.49. The van der Waals surface area contributed by atoms with E-state index in [2.05, 4.69) is 26.5 Å². The molecule has 0 atom stereocenters. The molecule has 0 N–H and O–H groups in total. The maximum atomic E-state index is 5.31. The van der Waals surface area contributed by atoms with Gasteiger partial charge in [-0.1, -0.05) is 13.8 Å². The van der Waals surface area contributed by atoms with E-state index >= 15 is 0 Å². The average molecular weight is 244 g/mol. The van der Waals surface area contributed by atoms with Crippen molar-refractivity contribution >= 4 is 24.4 Å². The first-order valence-electron chi connectivity index (χ1n) is 5.47. The van der Waals surface area contributed by atoms with Gasteiger partial charge in [-0.2, -0.15) is 24.4 Å². The maximum absolute atomic E-state index is 5.31. The number of thiol groups is 1. The summed E-state index contributed by atoms with van der Waals surface area (Å²) in [6.07, 6.45) is 4.15. The Balaban J connectivity index is 2.34. The molecule has 0 aromatic carbocycles. The lowest BCUT2D eigenvalue weighted by molar-refractivity contribution is 0.357. The van der Waals surface area contributed by atoms with Gasteiger partial charge in [0.1, 0.15) is 5.76 Å². The van der Waals surface area contributed by atoms with Crippen LogP contribution in [0.25, 0.3) is 0 Å². The standard InChI is InChI=1S/C12H20OS2/c1-3-12(4-2,9-14)10-15-8-11-6-5-7-13-11/h5-7,14H,3-4,8-10H2,1-2H3. The predicted molar refractivity (Wildman–Crippen MR) is 71.7 cm³/mol. The molecule has 0 radical (unpaired) electrons. The molecule has 1 nitrogen and oxygen atoms in total.